The van der Waals surface area contributed by atoms with Crippen LogP contribution in [-0.2, 0) is 14.3 Å². The summed E-state index contributed by atoms with van der Waals surface area (Å²) in [6, 6.07) is 3.13. The molecular formula is C16H15ClN2O6. The van der Waals surface area contributed by atoms with Crippen LogP contribution in [0, 0.1) is 0 Å². The number of aromatic hydroxyl groups is 1. The third-order valence-corrected chi connectivity index (χ3v) is 3.93. The maximum atomic E-state index is 12.3. The molecule has 25 heavy (non-hydrogen) atoms. The second-order valence-electron chi connectivity index (χ2n) is 5.00. The summed E-state index contributed by atoms with van der Waals surface area (Å²) in [6.07, 6.45) is 2.19. The lowest BCUT2D eigenvalue weighted by Crippen LogP contribution is -2.22. The van der Waals surface area contributed by atoms with Gasteiger partial charge in [0.05, 0.1) is 26.2 Å². The molecule has 8 nitrogen and oxygen atoms in total. The fraction of sp³-hybridized carbons (Fsp3) is 0.250. The molecule has 132 valence electrons. The van der Waals surface area contributed by atoms with E-state index in [4.69, 9.17) is 11.6 Å². The summed E-state index contributed by atoms with van der Waals surface area (Å²) < 4.78 is 9.23. The van der Waals surface area contributed by atoms with Gasteiger partial charge in [-0.3, -0.25) is 9.59 Å². The molecule has 1 unspecified atom stereocenters. The van der Waals surface area contributed by atoms with Crippen molar-refractivity contribution in [2.75, 3.05) is 14.2 Å². The molecule has 2 rings (SSSR count). The van der Waals surface area contributed by atoms with Gasteiger partial charge in [0.25, 0.3) is 5.56 Å². The molecule has 0 spiro atoms. The Morgan fingerprint density at radius 1 is 1.36 bits per heavy atom. The number of esters is 2. The number of pyridine rings is 2. The first kappa shape index (κ1) is 18.5. The van der Waals surface area contributed by atoms with E-state index in [2.05, 4.69) is 19.4 Å². The number of hydrogen-bond acceptors (Lipinski definition) is 7. The van der Waals surface area contributed by atoms with Crippen LogP contribution in [-0.4, -0.2) is 41.2 Å². The number of aromatic amines is 1. The number of H-pyrrole nitrogens is 1. The van der Waals surface area contributed by atoms with Crippen molar-refractivity contribution in [3.05, 3.63) is 56.7 Å². The highest BCUT2D eigenvalue weighted by Gasteiger charge is 2.29. The molecule has 0 aliphatic heterocycles. The topological polar surface area (TPSA) is 119 Å². The SMILES string of the molecule is COC(=O)CC(c1cccnc1Cl)c1c(O)c(C(=O)OC)c[nH]c1=O. The van der Waals surface area contributed by atoms with E-state index < -0.39 is 29.2 Å². The molecular weight excluding hydrogens is 352 g/mol. The molecule has 0 aliphatic carbocycles. The van der Waals surface area contributed by atoms with E-state index >= 15 is 0 Å². The molecule has 0 aliphatic rings. The molecule has 2 heterocycles. The van der Waals surface area contributed by atoms with Crippen molar-refractivity contribution < 1.29 is 24.2 Å². The van der Waals surface area contributed by atoms with Gasteiger partial charge in [-0.05, 0) is 11.6 Å². The largest absolute Gasteiger partial charge is 0.506 e. The molecule has 2 N–H and O–H groups in total. The number of aromatic nitrogens is 2. The van der Waals surface area contributed by atoms with Crippen LogP contribution >= 0.6 is 11.6 Å². The minimum Gasteiger partial charge on any atom is -0.506 e. The first-order valence-electron chi connectivity index (χ1n) is 7.10. The van der Waals surface area contributed by atoms with Crippen LogP contribution in [0.4, 0.5) is 0 Å². The van der Waals surface area contributed by atoms with Crippen molar-refractivity contribution in [1.82, 2.24) is 9.97 Å². The first-order chi connectivity index (χ1) is 11.9. The highest BCUT2D eigenvalue weighted by Crippen LogP contribution is 2.36. The molecule has 1 atom stereocenters. The number of ether oxygens (including phenoxy) is 2. The minimum atomic E-state index is -0.970. The van der Waals surface area contributed by atoms with Crippen LogP contribution in [0.1, 0.15) is 33.8 Å². The zero-order valence-electron chi connectivity index (χ0n) is 13.4. The molecule has 0 fully saturated rings. The van der Waals surface area contributed by atoms with E-state index in [9.17, 15) is 19.5 Å². The summed E-state index contributed by atoms with van der Waals surface area (Å²) in [4.78, 5) is 42.2. The maximum Gasteiger partial charge on any atom is 0.343 e. The summed E-state index contributed by atoms with van der Waals surface area (Å²) in [5, 5.41) is 10.5. The van der Waals surface area contributed by atoms with Crippen LogP contribution in [0.15, 0.2) is 29.3 Å². The summed E-state index contributed by atoms with van der Waals surface area (Å²) in [5.74, 6) is -3.04. The number of nitrogens with one attached hydrogen (secondary N) is 1. The van der Waals surface area contributed by atoms with E-state index in [1.807, 2.05) is 0 Å². The van der Waals surface area contributed by atoms with Crippen molar-refractivity contribution in [3.8, 4) is 5.75 Å². The molecule has 0 radical (unpaired) electrons. The van der Waals surface area contributed by atoms with E-state index in [1.54, 1.807) is 12.1 Å². The van der Waals surface area contributed by atoms with Gasteiger partial charge >= 0.3 is 11.9 Å². The predicted octanol–water partition coefficient (Wildman–Crippen LogP) is 1.61. The Bertz CT molecular complexity index is 864. The lowest BCUT2D eigenvalue weighted by molar-refractivity contribution is -0.140. The third kappa shape index (κ3) is 3.80. The average Bonchev–Trinajstić information content (AvgIpc) is 2.60. The van der Waals surface area contributed by atoms with Gasteiger partial charge in [-0.1, -0.05) is 17.7 Å². The van der Waals surface area contributed by atoms with Crippen molar-refractivity contribution in [2.45, 2.75) is 12.3 Å². The highest BCUT2D eigenvalue weighted by molar-refractivity contribution is 6.30. The zero-order valence-corrected chi connectivity index (χ0v) is 14.2. The molecule has 0 saturated carbocycles. The molecule has 0 aromatic carbocycles. The molecule has 9 heteroatoms. The normalized spacial score (nSPS) is 11.6. The van der Waals surface area contributed by atoms with E-state index in [-0.39, 0.29) is 22.7 Å². The van der Waals surface area contributed by atoms with Crippen molar-refractivity contribution in [1.29, 1.82) is 0 Å². The Kier molecular flexibility index (Phi) is 5.76. The first-order valence-corrected chi connectivity index (χ1v) is 7.48. The molecule has 2 aromatic heterocycles. The van der Waals surface area contributed by atoms with Crippen LogP contribution < -0.4 is 5.56 Å². The number of nitrogens with zero attached hydrogens (tertiary/aromatic N) is 1. The van der Waals surface area contributed by atoms with Crippen molar-refractivity contribution in [2.24, 2.45) is 0 Å². The van der Waals surface area contributed by atoms with Gasteiger partial charge in [0, 0.05) is 18.3 Å². The van der Waals surface area contributed by atoms with Gasteiger partial charge in [-0.25, -0.2) is 9.78 Å². The average molecular weight is 367 g/mol. The Morgan fingerprint density at radius 2 is 2.08 bits per heavy atom. The summed E-state index contributed by atoms with van der Waals surface area (Å²) in [7, 11) is 2.33. The molecule has 2 aromatic rings. The molecule has 0 saturated heterocycles. The Morgan fingerprint density at radius 3 is 2.68 bits per heavy atom. The third-order valence-electron chi connectivity index (χ3n) is 3.62. The van der Waals surface area contributed by atoms with Crippen LogP contribution in [0.25, 0.3) is 0 Å². The lowest BCUT2D eigenvalue weighted by Gasteiger charge is -2.18. The van der Waals surface area contributed by atoms with E-state index in [0.29, 0.717) is 5.56 Å². The quantitative estimate of drug-likeness (QED) is 0.609. The zero-order chi connectivity index (χ0) is 18.6. The number of hydrogen-bond donors (Lipinski definition) is 2. The number of rotatable bonds is 5. The Labute approximate surface area is 147 Å². The van der Waals surface area contributed by atoms with Crippen LogP contribution in [0.5, 0.6) is 5.75 Å². The van der Waals surface area contributed by atoms with Gasteiger partial charge in [0.1, 0.15) is 16.5 Å². The highest BCUT2D eigenvalue weighted by atomic mass is 35.5. The van der Waals surface area contributed by atoms with Crippen LogP contribution in [0.3, 0.4) is 0 Å². The second kappa shape index (κ2) is 7.80. The second-order valence-corrected chi connectivity index (χ2v) is 5.36. The number of carbonyl (C=O) groups excluding carboxylic acids is 2. The number of carbonyl (C=O) groups is 2. The maximum absolute atomic E-state index is 12.3. The predicted molar refractivity (Wildman–Crippen MR) is 87.8 cm³/mol. The fourth-order valence-electron chi connectivity index (χ4n) is 2.40. The summed E-state index contributed by atoms with van der Waals surface area (Å²) >= 11 is 6.08. The lowest BCUT2D eigenvalue weighted by atomic mass is 9.88. The molecule has 0 bridgehead atoms. The standard InChI is InChI=1S/C16H15ClN2O6/c1-24-11(20)6-9(8-4-3-5-18-14(8)17)12-13(21)10(16(23)25-2)7-19-15(12)22/h3-5,7,9H,6H2,1-2H3,(H2,19,21,22). The van der Waals surface area contributed by atoms with E-state index in [1.165, 1.54) is 13.3 Å². The van der Waals surface area contributed by atoms with Gasteiger partial charge in [-0.2, -0.15) is 0 Å². The summed E-state index contributed by atoms with van der Waals surface area (Å²) in [6.45, 7) is 0. The van der Waals surface area contributed by atoms with Crippen molar-refractivity contribution in [3.63, 3.8) is 0 Å². The number of halogens is 1. The summed E-state index contributed by atoms with van der Waals surface area (Å²) in [5.41, 5.74) is -0.800. The smallest absolute Gasteiger partial charge is 0.343 e. The minimum absolute atomic E-state index is 0.0543. The van der Waals surface area contributed by atoms with E-state index in [0.717, 1.165) is 13.3 Å². The van der Waals surface area contributed by atoms with Crippen LogP contribution in [0.2, 0.25) is 5.15 Å². The molecule has 0 amide bonds. The van der Waals surface area contributed by atoms with Gasteiger partial charge < -0.3 is 19.6 Å². The van der Waals surface area contributed by atoms with Gasteiger partial charge in [0.15, 0.2) is 0 Å². The number of methoxy groups -OCH3 is 2. The Hall–Kier alpha value is -2.87. The fourth-order valence-corrected chi connectivity index (χ4v) is 2.65. The Balaban J connectivity index is 2.70. The monoisotopic (exact) mass is 366 g/mol. The van der Waals surface area contributed by atoms with Gasteiger partial charge in [0.2, 0.25) is 0 Å². The van der Waals surface area contributed by atoms with Crippen molar-refractivity contribution >= 4 is 23.5 Å². The van der Waals surface area contributed by atoms with Gasteiger partial charge in [-0.15, -0.1) is 0 Å².